The Morgan fingerprint density at radius 1 is 0.538 bits per heavy atom. The van der Waals surface area contributed by atoms with Crippen molar-refractivity contribution in [2.24, 2.45) is 27.5 Å². The molecule has 0 aliphatic heterocycles. The highest BCUT2D eigenvalue weighted by Gasteiger charge is 1.99. The summed E-state index contributed by atoms with van der Waals surface area (Å²) >= 11 is 0. The first kappa shape index (κ1) is 17.2. The summed E-state index contributed by atoms with van der Waals surface area (Å²) in [7, 11) is 1.95. The van der Waals surface area contributed by atoms with Crippen molar-refractivity contribution in [3.05, 3.63) is 95.3 Å². The van der Waals surface area contributed by atoms with Crippen molar-refractivity contribution in [1.29, 1.82) is 0 Å². The second-order valence-corrected chi connectivity index (χ2v) is 5.54. The standard InChI is InChI=1S/C21H19N5/c1-26-20(16-24-22-14-18-8-4-2-5-9-18)12-13-21(26)17-25-23-15-19-10-6-3-7-11-19/h2-17H,1H3/b22-14-,23-15-,24-16+,25-17+. The van der Waals surface area contributed by atoms with Gasteiger partial charge in [-0.25, -0.2) is 0 Å². The molecule has 5 nitrogen and oxygen atoms in total. The number of benzene rings is 2. The van der Waals surface area contributed by atoms with E-state index in [1.165, 1.54) is 0 Å². The average molecular weight is 341 g/mol. The highest BCUT2D eigenvalue weighted by Crippen LogP contribution is 2.03. The van der Waals surface area contributed by atoms with Gasteiger partial charge in [0, 0.05) is 7.05 Å². The molecule has 0 aliphatic rings. The molecule has 26 heavy (non-hydrogen) atoms. The van der Waals surface area contributed by atoms with Crippen LogP contribution in [-0.4, -0.2) is 29.4 Å². The van der Waals surface area contributed by atoms with E-state index >= 15 is 0 Å². The first-order chi connectivity index (χ1) is 12.8. The molecule has 1 aromatic heterocycles. The summed E-state index contributed by atoms with van der Waals surface area (Å²) in [5.41, 5.74) is 3.90. The fraction of sp³-hybridized carbons (Fsp3) is 0.0476. The van der Waals surface area contributed by atoms with E-state index < -0.39 is 0 Å². The summed E-state index contributed by atoms with van der Waals surface area (Å²) < 4.78 is 1.98. The van der Waals surface area contributed by atoms with E-state index in [0.29, 0.717) is 0 Å². The lowest BCUT2D eigenvalue weighted by Crippen LogP contribution is -1.99. The molecule has 0 saturated carbocycles. The molecule has 0 N–H and O–H groups in total. The van der Waals surface area contributed by atoms with Gasteiger partial charge in [-0.05, 0) is 23.3 Å². The fourth-order valence-corrected chi connectivity index (χ4v) is 2.27. The molecule has 0 saturated heterocycles. The van der Waals surface area contributed by atoms with E-state index in [-0.39, 0.29) is 0 Å². The van der Waals surface area contributed by atoms with Crippen molar-refractivity contribution in [2.45, 2.75) is 0 Å². The Morgan fingerprint density at radius 3 is 1.35 bits per heavy atom. The van der Waals surface area contributed by atoms with Gasteiger partial charge < -0.3 is 4.57 Å². The lowest BCUT2D eigenvalue weighted by atomic mass is 10.2. The maximum absolute atomic E-state index is 4.10. The number of hydrogen-bond donors (Lipinski definition) is 0. The minimum atomic E-state index is 0.934. The Hall–Kier alpha value is -3.60. The van der Waals surface area contributed by atoms with Gasteiger partial charge in [0.25, 0.3) is 0 Å². The molecule has 128 valence electrons. The van der Waals surface area contributed by atoms with Crippen molar-refractivity contribution in [1.82, 2.24) is 4.57 Å². The van der Waals surface area contributed by atoms with Crippen LogP contribution in [0, 0.1) is 0 Å². The van der Waals surface area contributed by atoms with Crippen molar-refractivity contribution in [2.75, 3.05) is 0 Å². The molecule has 2 aromatic carbocycles. The molecule has 0 aliphatic carbocycles. The van der Waals surface area contributed by atoms with Crippen LogP contribution in [0.15, 0.2) is 93.2 Å². The Kier molecular flexibility index (Phi) is 5.99. The van der Waals surface area contributed by atoms with Gasteiger partial charge in [0.15, 0.2) is 0 Å². The molecule has 0 radical (unpaired) electrons. The molecule has 0 amide bonds. The van der Waals surface area contributed by atoms with Gasteiger partial charge in [-0.15, -0.1) is 0 Å². The number of rotatable bonds is 6. The normalized spacial score (nSPS) is 12.2. The molecule has 0 atom stereocenters. The summed E-state index contributed by atoms with van der Waals surface area (Å²) in [6.45, 7) is 0. The monoisotopic (exact) mass is 341 g/mol. The second kappa shape index (κ2) is 9.03. The average Bonchev–Trinajstić information content (AvgIpc) is 3.04. The predicted molar refractivity (Wildman–Crippen MR) is 109 cm³/mol. The second-order valence-electron chi connectivity index (χ2n) is 5.54. The van der Waals surface area contributed by atoms with E-state index in [2.05, 4.69) is 20.4 Å². The van der Waals surface area contributed by atoms with Gasteiger partial charge in [0.05, 0.1) is 36.2 Å². The van der Waals surface area contributed by atoms with Crippen LogP contribution in [-0.2, 0) is 7.05 Å². The van der Waals surface area contributed by atoms with Crippen molar-refractivity contribution in [3.8, 4) is 0 Å². The van der Waals surface area contributed by atoms with Crippen LogP contribution >= 0.6 is 0 Å². The summed E-state index contributed by atoms with van der Waals surface area (Å²) in [4.78, 5) is 0. The van der Waals surface area contributed by atoms with Crippen LogP contribution in [0.25, 0.3) is 0 Å². The van der Waals surface area contributed by atoms with Crippen LogP contribution in [0.1, 0.15) is 22.5 Å². The molecular formula is C21H19N5. The molecule has 3 aromatic rings. The van der Waals surface area contributed by atoms with E-state index in [0.717, 1.165) is 22.5 Å². The Balaban J connectivity index is 1.60. The van der Waals surface area contributed by atoms with Crippen molar-refractivity contribution < 1.29 is 0 Å². The molecule has 0 spiro atoms. The van der Waals surface area contributed by atoms with Gasteiger partial charge in [0.2, 0.25) is 0 Å². The molecule has 5 heteroatoms. The minimum Gasteiger partial charge on any atom is -0.342 e. The lowest BCUT2D eigenvalue weighted by Gasteiger charge is -1.98. The largest absolute Gasteiger partial charge is 0.342 e. The number of nitrogens with zero attached hydrogens (tertiary/aromatic N) is 5. The zero-order valence-corrected chi connectivity index (χ0v) is 14.5. The van der Waals surface area contributed by atoms with Gasteiger partial charge in [-0.1, -0.05) is 60.7 Å². The third-order valence-corrected chi connectivity index (χ3v) is 3.73. The van der Waals surface area contributed by atoms with Gasteiger partial charge in [0.1, 0.15) is 0 Å². The van der Waals surface area contributed by atoms with Gasteiger partial charge >= 0.3 is 0 Å². The number of aromatic nitrogens is 1. The molecule has 0 bridgehead atoms. The zero-order chi connectivity index (χ0) is 18.0. The summed E-state index contributed by atoms with van der Waals surface area (Å²) in [6.07, 6.45) is 6.87. The molecule has 0 unspecified atom stereocenters. The van der Waals surface area contributed by atoms with E-state index in [4.69, 9.17) is 0 Å². The molecule has 3 rings (SSSR count). The van der Waals surface area contributed by atoms with E-state index in [1.54, 1.807) is 24.9 Å². The Bertz CT molecular complexity index is 858. The van der Waals surface area contributed by atoms with E-state index in [1.807, 2.05) is 84.4 Å². The van der Waals surface area contributed by atoms with E-state index in [9.17, 15) is 0 Å². The summed E-state index contributed by atoms with van der Waals surface area (Å²) in [6, 6.07) is 23.6. The minimum absolute atomic E-state index is 0.934. The zero-order valence-electron chi connectivity index (χ0n) is 14.5. The topological polar surface area (TPSA) is 54.4 Å². The first-order valence-electron chi connectivity index (χ1n) is 8.21. The SMILES string of the molecule is Cn1c(/C=N/N=C\c2ccccc2)ccc1/C=N/N=C\c1ccccc1. The lowest BCUT2D eigenvalue weighted by molar-refractivity contribution is 0.907. The third-order valence-electron chi connectivity index (χ3n) is 3.73. The summed E-state index contributed by atoms with van der Waals surface area (Å²) in [5, 5.41) is 16.3. The predicted octanol–water partition coefficient (Wildman–Crippen LogP) is 3.93. The van der Waals surface area contributed by atoms with Gasteiger partial charge in [-0.3, -0.25) is 0 Å². The first-order valence-corrected chi connectivity index (χ1v) is 8.21. The van der Waals surface area contributed by atoms with Gasteiger partial charge in [-0.2, -0.15) is 20.4 Å². The van der Waals surface area contributed by atoms with Crippen LogP contribution in [0.3, 0.4) is 0 Å². The molecular weight excluding hydrogens is 322 g/mol. The number of hydrogen-bond acceptors (Lipinski definition) is 4. The fourth-order valence-electron chi connectivity index (χ4n) is 2.27. The van der Waals surface area contributed by atoms with Crippen LogP contribution in [0.2, 0.25) is 0 Å². The highest BCUT2D eigenvalue weighted by atomic mass is 15.2. The maximum Gasteiger partial charge on any atom is 0.0732 e. The highest BCUT2D eigenvalue weighted by molar-refractivity contribution is 5.85. The Morgan fingerprint density at radius 2 is 0.923 bits per heavy atom. The van der Waals surface area contributed by atoms with Crippen LogP contribution in [0.4, 0.5) is 0 Å². The maximum atomic E-state index is 4.10. The molecule has 1 heterocycles. The van der Waals surface area contributed by atoms with Crippen LogP contribution < -0.4 is 0 Å². The summed E-state index contributed by atoms with van der Waals surface area (Å²) in [5.74, 6) is 0. The smallest absolute Gasteiger partial charge is 0.0732 e. The quantitative estimate of drug-likeness (QED) is 0.482. The van der Waals surface area contributed by atoms with Crippen molar-refractivity contribution >= 4 is 24.9 Å². The third kappa shape index (κ3) is 4.95. The van der Waals surface area contributed by atoms with Crippen molar-refractivity contribution in [3.63, 3.8) is 0 Å². The Labute approximate surface area is 152 Å². The van der Waals surface area contributed by atoms with Crippen LogP contribution in [0.5, 0.6) is 0 Å². The molecule has 0 fully saturated rings.